The van der Waals surface area contributed by atoms with Crippen molar-refractivity contribution in [2.24, 2.45) is 28.6 Å². The minimum atomic E-state index is -0.478. The number of halogens is 1. The molecular weight excluding hydrogens is 332 g/mol. The summed E-state index contributed by atoms with van der Waals surface area (Å²) in [5.41, 5.74) is 2.85. The summed E-state index contributed by atoms with van der Waals surface area (Å²) < 4.78 is 0. The van der Waals surface area contributed by atoms with E-state index in [0.29, 0.717) is 22.8 Å². The molecule has 0 aliphatic heterocycles. The molecule has 5 atom stereocenters. The Morgan fingerprint density at radius 1 is 1.24 bits per heavy atom. The molecule has 0 aromatic heterocycles. The summed E-state index contributed by atoms with van der Waals surface area (Å²) in [6.45, 7) is 6.91. The molecule has 0 bridgehead atoms. The Morgan fingerprint density at radius 3 is 2.68 bits per heavy atom. The third-order valence-corrected chi connectivity index (χ3v) is 8.25. The number of rotatable bonds is 2. The Kier molecular flexibility index (Phi) is 3.92. The third-order valence-electron chi connectivity index (χ3n) is 8.04. The van der Waals surface area contributed by atoms with Crippen molar-refractivity contribution >= 4 is 22.6 Å². The third kappa shape index (κ3) is 2.22. The van der Waals surface area contributed by atoms with E-state index in [0.717, 1.165) is 30.8 Å². The monoisotopic (exact) mass is 358 g/mol. The zero-order valence-corrected chi connectivity index (χ0v) is 16.2. The molecule has 0 aromatic carbocycles. The van der Waals surface area contributed by atoms with Crippen LogP contribution in [0.4, 0.5) is 0 Å². The van der Waals surface area contributed by atoms with Crippen molar-refractivity contribution in [3.05, 3.63) is 34.9 Å². The Hall–Kier alpha value is -1.15. The Labute approximate surface area is 155 Å². The van der Waals surface area contributed by atoms with Gasteiger partial charge < -0.3 is 0 Å². The van der Waals surface area contributed by atoms with Gasteiger partial charge in [-0.25, -0.2) is 0 Å². The second-order valence-corrected chi connectivity index (χ2v) is 9.18. The average molecular weight is 359 g/mol. The van der Waals surface area contributed by atoms with Crippen LogP contribution in [0.15, 0.2) is 34.9 Å². The van der Waals surface area contributed by atoms with Crippen molar-refractivity contribution in [2.45, 2.75) is 59.3 Å². The number of carbonyl (C=O) groups excluding carboxylic acids is 2. The number of hydrogen-bond acceptors (Lipinski definition) is 2. The van der Waals surface area contributed by atoms with Gasteiger partial charge in [0.25, 0.3) is 0 Å². The first-order valence-corrected chi connectivity index (χ1v) is 10.1. The van der Waals surface area contributed by atoms with Crippen LogP contribution in [-0.4, -0.2) is 11.0 Å². The van der Waals surface area contributed by atoms with Crippen LogP contribution >= 0.6 is 11.6 Å². The molecule has 134 valence electrons. The fourth-order valence-corrected chi connectivity index (χ4v) is 6.91. The van der Waals surface area contributed by atoms with Gasteiger partial charge in [-0.2, -0.15) is 0 Å². The maximum atomic E-state index is 12.2. The van der Waals surface area contributed by atoms with Gasteiger partial charge in [-0.3, -0.25) is 9.59 Å². The van der Waals surface area contributed by atoms with Crippen LogP contribution in [0.1, 0.15) is 59.3 Å². The molecular formula is C22H27ClO2. The maximum absolute atomic E-state index is 12.2. The zero-order chi connectivity index (χ0) is 18.0. The van der Waals surface area contributed by atoms with Gasteiger partial charge in [0.2, 0.25) is 5.24 Å². The molecule has 2 nitrogen and oxygen atoms in total. The van der Waals surface area contributed by atoms with Crippen molar-refractivity contribution in [2.75, 3.05) is 0 Å². The zero-order valence-electron chi connectivity index (χ0n) is 15.4. The largest absolute Gasteiger partial charge is 0.290 e. The normalized spacial score (nSPS) is 42.6. The average Bonchev–Trinajstić information content (AvgIpc) is 2.91. The van der Waals surface area contributed by atoms with E-state index in [2.05, 4.69) is 26.8 Å². The van der Waals surface area contributed by atoms with Crippen LogP contribution in [0.3, 0.4) is 0 Å². The highest BCUT2D eigenvalue weighted by molar-refractivity contribution is 6.68. The lowest BCUT2D eigenvalue weighted by Crippen LogP contribution is -2.45. The van der Waals surface area contributed by atoms with Crippen LogP contribution in [0, 0.1) is 28.6 Å². The first kappa shape index (κ1) is 17.3. The molecule has 0 spiro atoms. The fourth-order valence-electron chi connectivity index (χ4n) is 6.67. The van der Waals surface area contributed by atoms with Gasteiger partial charge >= 0.3 is 0 Å². The van der Waals surface area contributed by atoms with E-state index in [1.807, 2.05) is 0 Å². The number of ketones is 1. The van der Waals surface area contributed by atoms with E-state index in [1.54, 1.807) is 6.08 Å². The molecule has 0 N–H and O–H groups in total. The van der Waals surface area contributed by atoms with Gasteiger partial charge in [0.15, 0.2) is 5.78 Å². The predicted octanol–water partition coefficient (Wildman–Crippen LogP) is 5.38. The smallest absolute Gasteiger partial charge is 0.249 e. The molecule has 0 heterocycles. The lowest BCUT2D eigenvalue weighted by molar-refractivity contribution is -0.113. The summed E-state index contributed by atoms with van der Waals surface area (Å²) in [5.74, 6) is 1.92. The SMILES string of the molecule is CC[C@H]1CC[C@H]2[C@@H]3CCC4=CC(=O)C=C(C(=O)Cl)[C@]4(C)C3=CC[C@]12C. The number of fused-ring (bicyclic) bond motifs is 5. The Bertz CT molecular complexity index is 743. The molecule has 4 aliphatic carbocycles. The summed E-state index contributed by atoms with van der Waals surface area (Å²) in [6, 6.07) is 0. The lowest BCUT2D eigenvalue weighted by atomic mass is 9.50. The van der Waals surface area contributed by atoms with Gasteiger partial charge in [0, 0.05) is 11.0 Å². The van der Waals surface area contributed by atoms with Crippen LogP contribution in [0.2, 0.25) is 0 Å². The summed E-state index contributed by atoms with van der Waals surface area (Å²) in [6.07, 6.45) is 12.6. The molecule has 0 radical (unpaired) electrons. The van der Waals surface area contributed by atoms with Crippen molar-refractivity contribution in [3.63, 3.8) is 0 Å². The quantitative estimate of drug-likeness (QED) is 0.490. The highest BCUT2D eigenvalue weighted by Crippen LogP contribution is 2.65. The summed E-state index contributed by atoms with van der Waals surface area (Å²) >= 11 is 5.93. The molecule has 2 fully saturated rings. The molecule has 4 aliphatic rings. The van der Waals surface area contributed by atoms with E-state index in [4.69, 9.17) is 11.6 Å². The Balaban J connectivity index is 1.82. The first-order chi connectivity index (χ1) is 11.8. The van der Waals surface area contributed by atoms with Crippen LogP contribution in [-0.2, 0) is 9.59 Å². The minimum Gasteiger partial charge on any atom is -0.290 e. The number of carbonyl (C=O) groups is 2. The van der Waals surface area contributed by atoms with E-state index in [9.17, 15) is 9.59 Å². The highest BCUT2D eigenvalue weighted by Gasteiger charge is 2.56. The van der Waals surface area contributed by atoms with Crippen LogP contribution in [0.25, 0.3) is 0 Å². The summed E-state index contributed by atoms with van der Waals surface area (Å²) in [4.78, 5) is 24.2. The molecule has 0 unspecified atom stereocenters. The van der Waals surface area contributed by atoms with Gasteiger partial charge in [0.1, 0.15) is 0 Å². The van der Waals surface area contributed by atoms with Gasteiger partial charge in [0.05, 0.1) is 0 Å². The highest BCUT2D eigenvalue weighted by atomic mass is 35.5. The topological polar surface area (TPSA) is 34.1 Å². The predicted molar refractivity (Wildman–Crippen MR) is 100 cm³/mol. The molecule has 0 saturated heterocycles. The molecule has 2 saturated carbocycles. The molecule has 0 amide bonds. The van der Waals surface area contributed by atoms with E-state index >= 15 is 0 Å². The molecule has 0 aromatic rings. The number of allylic oxidation sites excluding steroid dienone is 6. The van der Waals surface area contributed by atoms with E-state index in [-0.39, 0.29) is 5.78 Å². The second-order valence-electron chi connectivity index (χ2n) is 8.83. The lowest BCUT2D eigenvalue weighted by Gasteiger charge is -2.53. The van der Waals surface area contributed by atoms with Gasteiger partial charge in [-0.15, -0.1) is 0 Å². The molecule has 3 heteroatoms. The van der Waals surface area contributed by atoms with Gasteiger partial charge in [-0.05, 0) is 85.9 Å². The number of hydrogen-bond donors (Lipinski definition) is 0. The summed E-state index contributed by atoms with van der Waals surface area (Å²) in [5, 5.41) is -0.478. The van der Waals surface area contributed by atoms with E-state index in [1.165, 1.54) is 30.9 Å². The minimum absolute atomic E-state index is 0.0944. The van der Waals surface area contributed by atoms with E-state index < -0.39 is 10.7 Å². The molecule has 25 heavy (non-hydrogen) atoms. The van der Waals surface area contributed by atoms with Crippen LogP contribution in [0.5, 0.6) is 0 Å². The van der Waals surface area contributed by atoms with Crippen molar-refractivity contribution < 1.29 is 9.59 Å². The van der Waals surface area contributed by atoms with Crippen molar-refractivity contribution in [1.29, 1.82) is 0 Å². The Morgan fingerprint density at radius 2 is 2.00 bits per heavy atom. The van der Waals surface area contributed by atoms with Crippen LogP contribution < -0.4 is 0 Å². The first-order valence-electron chi connectivity index (χ1n) is 9.70. The standard InChI is InChI=1S/C22H27ClO2/c1-4-13-6-8-17-16-7-5-14-11-15(24)12-19(20(23)25)22(14,3)18(16)9-10-21(13,17)2/h9,11-13,16-17H,4-8,10H2,1-3H3/t13-,16-,17-,21+,22-/m0/s1. The van der Waals surface area contributed by atoms with Crippen molar-refractivity contribution in [1.82, 2.24) is 0 Å². The summed E-state index contributed by atoms with van der Waals surface area (Å²) in [7, 11) is 0. The van der Waals surface area contributed by atoms with Gasteiger partial charge in [-0.1, -0.05) is 37.5 Å². The molecule has 4 rings (SSSR count). The second kappa shape index (κ2) is 5.67. The van der Waals surface area contributed by atoms with Crippen molar-refractivity contribution in [3.8, 4) is 0 Å². The fraction of sp³-hybridized carbons (Fsp3) is 0.636. The maximum Gasteiger partial charge on any atom is 0.249 e.